The highest BCUT2D eigenvalue weighted by molar-refractivity contribution is 9.10. The van der Waals surface area contributed by atoms with Gasteiger partial charge in [0.25, 0.3) is 0 Å². The second-order valence-electron chi connectivity index (χ2n) is 3.54. The van der Waals surface area contributed by atoms with Crippen LogP contribution in [0.2, 0.25) is 0 Å². The van der Waals surface area contributed by atoms with E-state index in [-0.39, 0.29) is 11.7 Å². The van der Waals surface area contributed by atoms with E-state index in [4.69, 9.17) is 14.6 Å². The molecule has 0 heterocycles. The lowest BCUT2D eigenvalue weighted by molar-refractivity contribution is 0.0651. The first-order valence-corrected chi connectivity index (χ1v) is 6.11. The van der Waals surface area contributed by atoms with Gasteiger partial charge in [-0.05, 0) is 48.0 Å². The largest absolute Gasteiger partial charge is 0.487 e. The molecule has 1 atom stereocenters. The summed E-state index contributed by atoms with van der Waals surface area (Å²) in [5.41, 5.74) is 0.224. The van der Waals surface area contributed by atoms with Crippen molar-refractivity contribution in [2.24, 2.45) is 0 Å². The van der Waals surface area contributed by atoms with Gasteiger partial charge in [0.15, 0.2) is 0 Å². The van der Waals surface area contributed by atoms with Gasteiger partial charge in [0, 0.05) is 6.61 Å². The number of hydrogen-bond donors (Lipinski definition) is 1. The third-order valence-electron chi connectivity index (χ3n) is 2.06. The molecule has 0 fully saturated rings. The fourth-order valence-corrected chi connectivity index (χ4v) is 1.74. The second-order valence-corrected chi connectivity index (χ2v) is 4.39. The molecular formula is C12H15BrO4. The number of carboxylic acids is 1. The lowest BCUT2D eigenvalue weighted by atomic mass is 10.2. The average Bonchev–Trinajstić information content (AvgIpc) is 2.28. The number of aromatic carboxylic acids is 1. The van der Waals surface area contributed by atoms with Crippen molar-refractivity contribution < 1.29 is 19.4 Å². The average molecular weight is 303 g/mol. The van der Waals surface area contributed by atoms with Crippen LogP contribution in [0.4, 0.5) is 0 Å². The maximum atomic E-state index is 10.7. The molecule has 17 heavy (non-hydrogen) atoms. The minimum atomic E-state index is -0.959. The highest BCUT2D eigenvalue weighted by Crippen LogP contribution is 2.27. The van der Waals surface area contributed by atoms with Gasteiger partial charge in [-0.25, -0.2) is 4.79 Å². The summed E-state index contributed by atoms with van der Waals surface area (Å²) in [5.74, 6) is -0.346. The molecule has 5 heteroatoms. The minimum Gasteiger partial charge on any atom is -0.487 e. The molecule has 4 nitrogen and oxygen atoms in total. The van der Waals surface area contributed by atoms with E-state index in [0.717, 1.165) is 0 Å². The molecule has 1 aromatic carbocycles. The molecule has 0 bridgehead atoms. The summed E-state index contributed by atoms with van der Waals surface area (Å²) < 4.78 is 11.5. The third kappa shape index (κ3) is 4.36. The number of hydrogen-bond acceptors (Lipinski definition) is 3. The minimum absolute atomic E-state index is 0.0815. The molecule has 1 aromatic rings. The Balaban J connectivity index is 2.69. The van der Waals surface area contributed by atoms with E-state index in [1.807, 2.05) is 13.8 Å². The van der Waals surface area contributed by atoms with Crippen molar-refractivity contribution in [3.8, 4) is 5.75 Å². The molecule has 0 radical (unpaired) electrons. The Morgan fingerprint density at radius 1 is 1.53 bits per heavy atom. The summed E-state index contributed by atoms with van der Waals surface area (Å²) in [5, 5.41) is 8.82. The van der Waals surface area contributed by atoms with Crippen LogP contribution in [0, 0.1) is 0 Å². The quantitative estimate of drug-likeness (QED) is 0.878. The van der Waals surface area contributed by atoms with E-state index in [9.17, 15) is 4.79 Å². The number of rotatable bonds is 6. The molecule has 0 aliphatic rings. The molecule has 0 saturated heterocycles. The zero-order valence-electron chi connectivity index (χ0n) is 9.77. The van der Waals surface area contributed by atoms with Crippen LogP contribution in [0.3, 0.4) is 0 Å². The van der Waals surface area contributed by atoms with Crippen molar-refractivity contribution >= 4 is 21.9 Å². The molecule has 1 unspecified atom stereocenters. The number of ether oxygens (including phenoxy) is 2. The van der Waals surface area contributed by atoms with Crippen LogP contribution < -0.4 is 4.74 Å². The Bertz CT molecular complexity index is 392. The number of benzene rings is 1. The Hall–Kier alpha value is -1.07. The first-order valence-electron chi connectivity index (χ1n) is 5.31. The summed E-state index contributed by atoms with van der Waals surface area (Å²) >= 11 is 3.28. The van der Waals surface area contributed by atoms with Crippen LogP contribution in [0.5, 0.6) is 5.75 Å². The standard InChI is InChI=1S/C12H15BrO4/c1-3-16-7-8(2)17-11-5-4-9(12(14)15)6-10(11)13/h4-6,8H,3,7H2,1-2H3,(H,14,15). The predicted octanol–water partition coefficient (Wildman–Crippen LogP) is 2.95. The Morgan fingerprint density at radius 3 is 2.76 bits per heavy atom. The fourth-order valence-electron chi connectivity index (χ4n) is 1.26. The summed E-state index contributed by atoms with van der Waals surface area (Å²) in [6.45, 7) is 4.97. The van der Waals surface area contributed by atoms with Gasteiger partial charge >= 0.3 is 5.97 Å². The van der Waals surface area contributed by atoms with Crippen LogP contribution in [0.25, 0.3) is 0 Å². The smallest absolute Gasteiger partial charge is 0.335 e. The Morgan fingerprint density at radius 2 is 2.24 bits per heavy atom. The monoisotopic (exact) mass is 302 g/mol. The molecule has 1 rings (SSSR count). The van der Waals surface area contributed by atoms with Crippen LogP contribution in [0.15, 0.2) is 22.7 Å². The van der Waals surface area contributed by atoms with E-state index in [1.165, 1.54) is 12.1 Å². The van der Waals surface area contributed by atoms with Crippen LogP contribution in [-0.4, -0.2) is 30.4 Å². The molecule has 94 valence electrons. The first-order chi connectivity index (χ1) is 8.04. The summed E-state index contributed by atoms with van der Waals surface area (Å²) in [4.78, 5) is 10.7. The van der Waals surface area contributed by atoms with Gasteiger partial charge in [-0.3, -0.25) is 0 Å². The third-order valence-corrected chi connectivity index (χ3v) is 2.68. The molecule has 1 N–H and O–H groups in total. The maximum absolute atomic E-state index is 10.7. The van der Waals surface area contributed by atoms with Crippen molar-refractivity contribution in [1.29, 1.82) is 0 Å². The van der Waals surface area contributed by atoms with Gasteiger partial charge in [-0.15, -0.1) is 0 Å². The molecule has 0 aliphatic heterocycles. The second kappa shape index (κ2) is 6.61. The predicted molar refractivity (Wildman–Crippen MR) is 67.7 cm³/mol. The Labute approximate surface area is 109 Å². The number of halogens is 1. The molecule has 0 aromatic heterocycles. The summed E-state index contributed by atoms with van der Waals surface area (Å²) in [6.07, 6.45) is -0.0815. The number of carboxylic acid groups (broad SMARTS) is 1. The molecule has 0 spiro atoms. The maximum Gasteiger partial charge on any atom is 0.335 e. The van der Waals surface area contributed by atoms with E-state index >= 15 is 0 Å². The summed E-state index contributed by atoms with van der Waals surface area (Å²) in [6, 6.07) is 4.66. The van der Waals surface area contributed by atoms with Gasteiger partial charge in [-0.2, -0.15) is 0 Å². The van der Waals surface area contributed by atoms with Gasteiger partial charge in [0.05, 0.1) is 16.6 Å². The first kappa shape index (κ1) is 14.0. The topological polar surface area (TPSA) is 55.8 Å². The van der Waals surface area contributed by atoms with Gasteiger partial charge < -0.3 is 14.6 Å². The SMILES string of the molecule is CCOCC(C)Oc1ccc(C(=O)O)cc1Br. The van der Waals surface area contributed by atoms with Gasteiger partial charge in [-0.1, -0.05) is 0 Å². The van der Waals surface area contributed by atoms with Gasteiger partial charge in [0.1, 0.15) is 11.9 Å². The van der Waals surface area contributed by atoms with E-state index in [0.29, 0.717) is 23.4 Å². The molecular weight excluding hydrogens is 288 g/mol. The lowest BCUT2D eigenvalue weighted by Crippen LogP contribution is -2.19. The van der Waals surface area contributed by atoms with Crippen LogP contribution >= 0.6 is 15.9 Å². The van der Waals surface area contributed by atoms with Crippen molar-refractivity contribution in [2.75, 3.05) is 13.2 Å². The molecule has 0 saturated carbocycles. The zero-order chi connectivity index (χ0) is 12.8. The molecule has 0 amide bonds. The highest BCUT2D eigenvalue weighted by Gasteiger charge is 2.10. The van der Waals surface area contributed by atoms with Crippen molar-refractivity contribution in [1.82, 2.24) is 0 Å². The van der Waals surface area contributed by atoms with E-state index in [1.54, 1.807) is 6.07 Å². The lowest BCUT2D eigenvalue weighted by Gasteiger charge is -2.15. The van der Waals surface area contributed by atoms with Crippen LogP contribution in [0.1, 0.15) is 24.2 Å². The zero-order valence-corrected chi connectivity index (χ0v) is 11.4. The van der Waals surface area contributed by atoms with Crippen LogP contribution in [-0.2, 0) is 4.74 Å². The number of carbonyl (C=O) groups is 1. The van der Waals surface area contributed by atoms with E-state index < -0.39 is 5.97 Å². The van der Waals surface area contributed by atoms with Crippen molar-refractivity contribution in [2.45, 2.75) is 20.0 Å². The molecule has 0 aliphatic carbocycles. The highest BCUT2D eigenvalue weighted by atomic mass is 79.9. The Kier molecular flexibility index (Phi) is 5.44. The summed E-state index contributed by atoms with van der Waals surface area (Å²) in [7, 11) is 0. The van der Waals surface area contributed by atoms with Gasteiger partial charge in [0.2, 0.25) is 0 Å². The normalized spacial score (nSPS) is 12.2. The van der Waals surface area contributed by atoms with E-state index in [2.05, 4.69) is 15.9 Å². The van der Waals surface area contributed by atoms with Crippen molar-refractivity contribution in [3.63, 3.8) is 0 Å². The fraction of sp³-hybridized carbons (Fsp3) is 0.417. The van der Waals surface area contributed by atoms with Crippen molar-refractivity contribution in [3.05, 3.63) is 28.2 Å².